The highest BCUT2D eigenvalue weighted by atomic mass is 19.1. The summed E-state index contributed by atoms with van der Waals surface area (Å²) in [5.41, 5.74) is 1.37. The normalized spacial score (nSPS) is 15.0. The number of nitrogens with one attached hydrogen (secondary N) is 1. The van der Waals surface area contributed by atoms with Crippen molar-refractivity contribution in [2.45, 2.75) is 19.4 Å². The number of ether oxygens (including phenoxy) is 1. The molecule has 1 aliphatic rings. The van der Waals surface area contributed by atoms with Crippen molar-refractivity contribution in [2.75, 3.05) is 18.4 Å². The van der Waals surface area contributed by atoms with Crippen molar-refractivity contribution in [1.82, 2.24) is 4.90 Å². The third kappa shape index (κ3) is 5.05. The van der Waals surface area contributed by atoms with E-state index in [-0.39, 0.29) is 17.6 Å². The molecule has 0 unspecified atom stereocenters. The molecule has 0 atom stereocenters. The van der Waals surface area contributed by atoms with E-state index in [4.69, 9.17) is 4.74 Å². The average molecular weight is 404 g/mol. The summed E-state index contributed by atoms with van der Waals surface area (Å²) in [6, 6.07) is 23.8. The highest BCUT2D eigenvalue weighted by Gasteiger charge is 2.26. The SMILES string of the molecule is O=C(Nc1ccccc1Oc1ccccc1)C1CCN(Cc2ccccc2F)CC1. The maximum absolute atomic E-state index is 13.9. The lowest BCUT2D eigenvalue weighted by Gasteiger charge is -2.31. The number of carbonyl (C=O) groups is 1. The molecule has 1 amide bonds. The van der Waals surface area contributed by atoms with Gasteiger partial charge in [-0.2, -0.15) is 0 Å². The number of para-hydroxylation sites is 3. The van der Waals surface area contributed by atoms with Gasteiger partial charge in [-0.3, -0.25) is 9.69 Å². The molecular weight excluding hydrogens is 379 g/mol. The van der Waals surface area contributed by atoms with Crippen molar-refractivity contribution >= 4 is 11.6 Å². The summed E-state index contributed by atoms with van der Waals surface area (Å²) in [7, 11) is 0. The molecule has 3 aromatic carbocycles. The van der Waals surface area contributed by atoms with E-state index < -0.39 is 0 Å². The molecule has 0 aliphatic carbocycles. The Morgan fingerprint density at radius 1 is 0.933 bits per heavy atom. The lowest BCUT2D eigenvalue weighted by Crippen LogP contribution is -2.38. The number of piperidine rings is 1. The zero-order valence-electron chi connectivity index (χ0n) is 16.8. The molecule has 0 aromatic heterocycles. The number of benzene rings is 3. The number of likely N-dealkylation sites (tertiary alicyclic amines) is 1. The monoisotopic (exact) mass is 404 g/mol. The summed E-state index contributed by atoms with van der Waals surface area (Å²) in [6.45, 7) is 2.12. The summed E-state index contributed by atoms with van der Waals surface area (Å²) in [4.78, 5) is 15.0. The molecule has 30 heavy (non-hydrogen) atoms. The Bertz CT molecular complexity index is 985. The van der Waals surface area contributed by atoms with E-state index in [1.54, 1.807) is 6.07 Å². The van der Waals surface area contributed by atoms with Gasteiger partial charge in [-0.15, -0.1) is 0 Å². The Hall–Kier alpha value is -3.18. The van der Waals surface area contributed by atoms with Gasteiger partial charge < -0.3 is 10.1 Å². The lowest BCUT2D eigenvalue weighted by atomic mass is 9.95. The number of amides is 1. The van der Waals surface area contributed by atoms with E-state index in [9.17, 15) is 9.18 Å². The zero-order valence-corrected chi connectivity index (χ0v) is 16.8. The standard InChI is InChI=1S/C25H25FN2O2/c26-22-11-5-4-8-20(22)18-28-16-14-19(15-17-28)25(29)27-23-12-6-7-13-24(23)30-21-9-2-1-3-10-21/h1-13,19H,14-18H2,(H,27,29). The molecule has 0 saturated carbocycles. The summed E-state index contributed by atoms with van der Waals surface area (Å²) < 4.78 is 19.8. The Kier molecular flexibility index (Phi) is 6.40. The number of nitrogens with zero attached hydrogens (tertiary/aromatic N) is 1. The van der Waals surface area contributed by atoms with Gasteiger partial charge in [0.1, 0.15) is 11.6 Å². The molecule has 3 aromatic rings. The minimum atomic E-state index is -0.174. The van der Waals surface area contributed by atoms with Gasteiger partial charge in [0, 0.05) is 18.0 Å². The molecule has 154 valence electrons. The molecule has 4 nitrogen and oxygen atoms in total. The predicted molar refractivity (Wildman–Crippen MR) is 116 cm³/mol. The quantitative estimate of drug-likeness (QED) is 0.592. The van der Waals surface area contributed by atoms with Crippen molar-refractivity contribution < 1.29 is 13.9 Å². The van der Waals surface area contributed by atoms with E-state index in [0.29, 0.717) is 23.5 Å². The second kappa shape index (κ2) is 9.55. The van der Waals surface area contributed by atoms with Crippen LogP contribution in [0.25, 0.3) is 0 Å². The highest BCUT2D eigenvalue weighted by molar-refractivity contribution is 5.94. The molecule has 0 radical (unpaired) electrons. The van der Waals surface area contributed by atoms with Crippen LogP contribution in [0.3, 0.4) is 0 Å². The number of carbonyl (C=O) groups excluding carboxylic acids is 1. The van der Waals surface area contributed by atoms with Crippen molar-refractivity contribution in [3.8, 4) is 11.5 Å². The minimum absolute atomic E-state index is 0.00431. The molecule has 1 fully saturated rings. The largest absolute Gasteiger partial charge is 0.455 e. The van der Waals surface area contributed by atoms with Crippen molar-refractivity contribution in [2.24, 2.45) is 5.92 Å². The van der Waals surface area contributed by atoms with Crippen LogP contribution in [0.15, 0.2) is 78.9 Å². The minimum Gasteiger partial charge on any atom is -0.455 e. The van der Waals surface area contributed by atoms with Crippen LogP contribution in [0.5, 0.6) is 11.5 Å². The molecule has 1 heterocycles. The second-order valence-corrected chi connectivity index (χ2v) is 7.54. The maximum Gasteiger partial charge on any atom is 0.227 e. The Morgan fingerprint density at radius 3 is 2.37 bits per heavy atom. The second-order valence-electron chi connectivity index (χ2n) is 7.54. The Labute approximate surface area is 176 Å². The molecule has 4 rings (SSSR count). The average Bonchev–Trinajstić information content (AvgIpc) is 2.78. The van der Waals surface area contributed by atoms with Gasteiger partial charge in [-0.05, 0) is 56.3 Å². The third-order valence-electron chi connectivity index (χ3n) is 5.43. The fourth-order valence-electron chi connectivity index (χ4n) is 3.73. The first-order chi connectivity index (χ1) is 14.7. The van der Waals surface area contributed by atoms with Crippen LogP contribution < -0.4 is 10.1 Å². The fraction of sp³-hybridized carbons (Fsp3) is 0.240. The summed E-state index contributed by atoms with van der Waals surface area (Å²) in [6.07, 6.45) is 1.50. The molecule has 1 saturated heterocycles. The first-order valence-electron chi connectivity index (χ1n) is 10.3. The molecule has 1 aliphatic heterocycles. The molecule has 5 heteroatoms. The zero-order chi connectivity index (χ0) is 20.8. The highest BCUT2D eigenvalue weighted by Crippen LogP contribution is 2.30. The van der Waals surface area contributed by atoms with Crippen LogP contribution in [0.1, 0.15) is 18.4 Å². The number of hydrogen-bond donors (Lipinski definition) is 1. The van der Waals surface area contributed by atoms with Crippen LogP contribution >= 0.6 is 0 Å². The van der Waals surface area contributed by atoms with Crippen molar-refractivity contribution in [1.29, 1.82) is 0 Å². The molecule has 1 N–H and O–H groups in total. The van der Waals surface area contributed by atoms with Gasteiger partial charge in [-0.1, -0.05) is 48.5 Å². The van der Waals surface area contributed by atoms with Crippen molar-refractivity contribution in [3.05, 3.63) is 90.2 Å². The van der Waals surface area contributed by atoms with Gasteiger partial charge in [0.25, 0.3) is 0 Å². The number of hydrogen-bond acceptors (Lipinski definition) is 3. The summed E-state index contributed by atoms with van der Waals surface area (Å²) in [5.74, 6) is 1.11. The maximum atomic E-state index is 13.9. The Morgan fingerprint density at radius 2 is 1.60 bits per heavy atom. The van der Waals surface area contributed by atoms with Crippen LogP contribution in [-0.2, 0) is 11.3 Å². The smallest absolute Gasteiger partial charge is 0.227 e. The first kappa shape index (κ1) is 20.1. The van der Waals surface area contributed by atoms with E-state index in [0.717, 1.165) is 31.7 Å². The summed E-state index contributed by atoms with van der Waals surface area (Å²) >= 11 is 0. The van der Waals surface area contributed by atoms with Crippen molar-refractivity contribution in [3.63, 3.8) is 0 Å². The lowest BCUT2D eigenvalue weighted by molar-refractivity contribution is -0.121. The van der Waals surface area contributed by atoms with E-state index in [1.807, 2.05) is 66.7 Å². The summed E-state index contributed by atoms with van der Waals surface area (Å²) in [5, 5.41) is 3.03. The fourth-order valence-corrected chi connectivity index (χ4v) is 3.73. The van der Waals surface area contributed by atoms with Crippen LogP contribution in [-0.4, -0.2) is 23.9 Å². The van der Waals surface area contributed by atoms with Gasteiger partial charge in [0.15, 0.2) is 5.75 Å². The predicted octanol–water partition coefficient (Wildman–Crippen LogP) is 5.47. The molecular formula is C25H25FN2O2. The van der Waals surface area contributed by atoms with E-state index in [2.05, 4.69) is 10.2 Å². The van der Waals surface area contributed by atoms with E-state index in [1.165, 1.54) is 6.07 Å². The number of rotatable bonds is 6. The van der Waals surface area contributed by atoms with Crippen LogP contribution in [0.4, 0.5) is 10.1 Å². The molecule has 0 bridgehead atoms. The van der Waals surface area contributed by atoms with Crippen LogP contribution in [0, 0.1) is 11.7 Å². The number of anilines is 1. The molecule has 0 spiro atoms. The van der Waals surface area contributed by atoms with Gasteiger partial charge >= 0.3 is 0 Å². The van der Waals surface area contributed by atoms with E-state index >= 15 is 0 Å². The van der Waals surface area contributed by atoms with Gasteiger partial charge in [0.2, 0.25) is 5.91 Å². The van der Waals surface area contributed by atoms with Gasteiger partial charge in [-0.25, -0.2) is 4.39 Å². The topological polar surface area (TPSA) is 41.6 Å². The first-order valence-corrected chi connectivity index (χ1v) is 10.3. The van der Waals surface area contributed by atoms with Gasteiger partial charge in [0.05, 0.1) is 5.69 Å². The van der Waals surface area contributed by atoms with Crippen LogP contribution in [0.2, 0.25) is 0 Å². The third-order valence-corrected chi connectivity index (χ3v) is 5.43. The Balaban J connectivity index is 1.34. The number of halogens is 1.